The SMILES string of the molecule is O=C(Nc1c(F)cccc1F)N1CCS[C@@H](c2ccco2)CC1. The van der Waals surface area contributed by atoms with Crippen molar-refractivity contribution < 1.29 is 18.0 Å². The molecule has 0 bridgehead atoms. The number of nitrogens with one attached hydrogen (secondary N) is 1. The summed E-state index contributed by atoms with van der Waals surface area (Å²) in [6, 6.07) is 6.76. The Balaban J connectivity index is 1.64. The van der Waals surface area contributed by atoms with Crippen LogP contribution in [0.4, 0.5) is 19.3 Å². The molecule has 122 valence electrons. The normalized spacial score (nSPS) is 18.5. The fourth-order valence-electron chi connectivity index (χ4n) is 2.48. The highest BCUT2D eigenvalue weighted by Gasteiger charge is 2.24. The van der Waals surface area contributed by atoms with Crippen LogP contribution >= 0.6 is 11.8 Å². The number of furan rings is 1. The van der Waals surface area contributed by atoms with Crippen molar-refractivity contribution in [2.24, 2.45) is 0 Å². The number of hydrogen-bond donors (Lipinski definition) is 1. The zero-order valence-corrected chi connectivity index (χ0v) is 13.1. The van der Waals surface area contributed by atoms with Gasteiger partial charge in [-0.05, 0) is 30.7 Å². The summed E-state index contributed by atoms with van der Waals surface area (Å²) in [4.78, 5) is 13.8. The Morgan fingerprint density at radius 2 is 2.00 bits per heavy atom. The molecule has 2 heterocycles. The van der Waals surface area contributed by atoms with Crippen LogP contribution < -0.4 is 5.32 Å². The van der Waals surface area contributed by atoms with Crippen LogP contribution in [0.5, 0.6) is 0 Å². The second kappa shape index (κ2) is 7.04. The van der Waals surface area contributed by atoms with E-state index in [1.807, 2.05) is 12.1 Å². The molecular weight excluding hydrogens is 322 g/mol. The van der Waals surface area contributed by atoms with E-state index in [1.54, 1.807) is 22.9 Å². The van der Waals surface area contributed by atoms with Crippen LogP contribution in [0.2, 0.25) is 0 Å². The van der Waals surface area contributed by atoms with E-state index in [9.17, 15) is 13.6 Å². The summed E-state index contributed by atoms with van der Waals surface area (Å²) in [6.45, 7) is 1.02. The van der Waals surface area contributed by atoms with E-state index < -0.39 is 23.4 Å². The number of carbonyl (C=O) groups excluding carboxylic acids is 1. The predicted octanol–water partition coefficient (Wildman–Crippen LogP) is 4.27. The number of hydrogen-bond acceptors (Lipinski definition) is 3. The van der Waals surface area contributed by atoms with Crippen LogP contribution in [0.25, 0.3) is 0 Å². The molecule has 0 radical (unpaired) electrons. The lowest BCUT2D eigenvalue weighted by molar-refractivity contribution is 0.214. The van der Waals surface area contributed by atoms with Gasteiger partial charge in [0.2, 0.25) is 0 Å². The van der Waals surface area contributed by atoms with Gasteiger partial charge < -0.3 is 14.6 Å². The molecule has 23 heavy (non-hydrogen) atoms. The van der Waals surface area contributed by atoms with Crippen molar-refractivity contribution in [1.29, 1.82) is 0 Å². The molecule has 1 aromatic carbocycles. The average molecular weight is 338 g/mol. The number of benzene rings is 1. The van der Waals surface area contributed by atoms with E-state index in [0.29, 0.717) is 13.1 Å². The van der Waals surface area contributed by atoms with Crippen molar-refractivity contribution in [2.75, 3.05) is 24.2 Å². The molecule has 7 heteroatoms. The molecule has 2 amide bonds. The number of anilines is 1. The lowest BCUT2D eigenvalue weighted by atomic mass is 10.2. The summed E-state index contributed by atoms with van der Waals surface area (Å²) < 4.78 is 32.6. The van der Waals surface area contributed by atoms with Gasteiger partial charge in [-0.2, -0.15) is 0 Å². The molecule has 0 aliphatic carbocycles. The number of halogens is 2. The first-order valence-electron chi connectivity index (χ1n) is 7.30. The fourth-order valence-corrected chi connectivity index (χ4v) is 3.66. The molecule has 0 spiro atoms. The van der Waals surface area contributed by atoms with E-state index in [4.69, 9.17) is 4.42 Å². The molecule has 1 saturated heterocycles. The van der Waals surface area contributed by atoms with Crippen molar-refractivity contribution in [3.8, 4) is 0 Å². The maximum atomic E-state index is 13.6. The molecule has 1 aromatic heterocycles. The van der Waals surface area contributed by atoms with E-state index in [-0.39, 0.29) is 5.25 Å². The minimum atomic E-state index is -0.781. The van der Waals surface area contributed by atoms with Gasteiger partial charge in [0.25, 0.3) is 0 Å². The van der Waals surface area contributed by atoms with Gasteiger partial charge in [-0.25, -0.2) is 13.6 Å². The Hall–Kier alpha value is -2.02. The third-order valence-corrected chi connectivity index (χ3v) is 4.97. The monoisotopic (exact) mass is 338 g/mol. The van der Waals surface area contributed by atoms with Crippen molar-refractivity contribution in [2.45, 2.75) is 11.7 Å². The molecule has 4 nitrogen and oxygen atoms in total. The van der Waals surface area contributed by atoms with Crippen molar-refractivity contribution in [1.82, 2.24) is 4.90 Å². The van der Waals surface area contributed by atoms with Crippen LogP contribution in [-0.2, 0) is 0 Å². The fraction of sp³-hybridized carbons (Fsp3) is 0.312. The highest BCUT2D eigenvalue weighted by molar-refractivity contribution is 7.99. The van der Waals surface area contributed by atoms with E-state index >= 15 is 0 Å². The minimum Gasteiger partial charge on any atom is -0.468 e. The highest BCUT2D eigenvalue weighted by atomic mass is 32.2. The van der Waals surface area contributed by atoms with Crippen molar-refractivity contribution >= 4 is 23.5 Å². The maximum Gasteiger partial charge on any atom is 0.322 e. The molecule has 0 saturated carbocycles. The summed E-state index contributed by atoms with van der Waals surface area (Å²) in [5.74, 6) is 0.0582. The number of thioether (sulfide) groups is 1. The number of rotatable bonds is 2. The lowest BCUT2D eigenvalue weighted by Crippen LogP contribution is -2.37. The van der Waals surface area contributed by atoms with Gasteiger partial charge in [-0.3, -0.25) is 0 Å². The Kier molecular flexibility index (Phi) is 4.85. The van der Waals surface area contributed by atoms with Gasteiger partial charge >= 0.3 is 6.03 Å². The number of urea groups is 1. The molecule has 1 aliphatic rings. The second-order valence-electron chi connectivity index (χ2n) is 5.18. The van der Waals surface area contributed by atoms with Gasteiger partial charge in [0.1, 0.15) is 23.1 Å². The van der Waals surface area contributed by atoms with E-state index in [2.05, 4.69) is 5.32 Å². The van der Waals surface area contributed by atoms with Crippen molar-refractivity contribution in [3.63, 3.8) is 0 Å². The molecular formula is C16H16F2N2O2S. The summed E-state index contributed by atoms with van der Waals surface area (Å²) in [5.41, 5.74) is -0.406. The molecule has 2 aromatic rings. The largest absolute Gasteiger partial charge is 0.468 e. The average Bonchev–Trinajstić information content (AvgIpc) is 2.95. The first kappa shape index (κ1) is 15.9. The van der Waals surface area contributed by atoms with Crippen LogP contribution in [0.1, 0.15) is 17.4 Å². The summed E-state index contributed by atoms with van der Waals surface area (Å²) in [5, 5.41) is 2.52. The van der Waals surface area contributed by atoms with Crippen LogP contribution in [0.15, 0.2) is 41.0 Å². The first-order chi connectivity index (χ1) is 11.1. The van der Waals surface area contributed by atoms with Gasteiger partial charge in [0.05, 0.1) is 11.5 Å². The zero-order chi connectivity index (χ0) is 16.2. The molecule has 1 N–H and O–H groups in total. The topological polar surface area (TPSA) is 45.5 Å². The molecule has 0 unspecified atom stereocenters. The Labute approximate surface area is 136 Å². The third kappa shape index (κ3) is 3.67. The number of para-hydroxylation sites is 1. The summed E-state index contributed by atoms with van der Waals surface area (Å²) in [6.07, 6.45) is 2.36. The zero-order valence-electron chi connectivity index (χ0n) is 12.3. The summed E-state index contributed by atoms with van der Waals surface area (Å²) >= 11 is 1.71. The summed E-state index contributed by atoms with van der Waals surface area (Å²) in [7, 11) is 0. The number of amides is 2. The van der Waals surface area contributed by atoms with Gasteiger partial charge in [-0.1, -0.05) is 6.07 Å². The highest BCUT2D eigenvalue weighted by Crippen LogP contribution is 2.34. The Bertz CT molecular complexity index is 658. The molecule has 1 fully saturated rings. The third-order valence-electron chi connectivity index (χ3n) is 3.68. The predicted molar refractivity (Wildman–Crippen MR) is 85.5 cm³/mol. The number of carbonyl (C=O) groups is 1. The minimum absolute atomic E-state index is 0.188. The van der Waals surface area contributed by atoms with Gasteiger partial charge in [-0.15, -0.1) is 11.8 Å². The molecule has 1 aliphatic heterocycles. The molecule has 1 atom stereocenters. The maximum absolute atomic E-state index is 13.6. The van der Waals surface area contributed by atoms with E-state index in [1.165, 1.54) is 6.07 Å². The standard InChI is InChI=1S/C16H16F2N2O2S/c17-11-3-1-4-12(18)15(11)19-16(21)20-7-6-14(23-10-8-20)13-5-2-9-22-13/h1-5,9,14H,6-8,10H2,(H,19,21)/t14-/m1/s1. The van der Waals surface area contributed by atoms with Crippen LogP contribution in [-0.4, -0.2) is 29.8 Å². The van der Waals surface area contributed by atoms with Crippen molar-refractivity contribution in [3.05, 3.63) is 54.0 Å². The number of nitrogens with zero attached hydrogens (tertiary/aromatic N) is 1. The lowest BCUT2D eigenvalue weighted by Gasteiger charge is -2.21. The second-order valence-corrected chi connectivity index (χ2v) is 6.49. The van der Waals surface area contributed by atoms with E-state index in [0.717, 1.165) is 30.1 Å². The first-order valence-corrected chi connectivity index (χ1v) is 8.35. The Morgan fingerprint density at radius 3 is 2.70 bits per heavy atom. The molecule has 3 rings (SSSR count). The van der Waals surface area contributed by atoms with Crippen LogP contribution in [0.3, 0.4) is 0 Å². The quantitative estimate of drug-likeness (QED) is 0.889. The van der Waals surface area contributed by atoms with Gasteiger partial charge in [0.15, 0.2) is 0 Å². The smallest absolute Gasteiger partial charge is 0.322 e. The van der Waals surface area contributed by atoms with Gasteiger partial charge in [0, 0.05) is 18.8 Å². The Morgan fingerprint density at radius 1 is 1.22 bits per heavy atom. The van der Waals surface area contributed by atoms with Crippen LogP contribution in [0, 0.1) is 11.6 Å².